The lowest BCUT2D eigenvalue weighted by molar-refractivity contribution is 0.240. The molecule has 132 valence electrons. The van der Waals surface area contributed by atoms with Gasteiger partial charge in [0.1, 0.15) is 0 Å². The highest BCUT2D eigenvalue weighted by atomic mass is 32.2. The van der Waals surface area contributed by atoms with E-state index in [9.17, 15) is 13.2 Å². The van der Waals surface area contributed by atoms with Crippen molar-refractivity contribution in [1.29, 1.82) is 0 Å². The predicted molar refractivity (Wildman–Crippen MR) is 94.4 cm³/mol. The van der Waals surface area contributed by atoms with Crippen LogP contribution in [0.25, 0.3) is 0 Å². The predicted octanol–water partition coefficient (Wildman–Crippen LogP) is 2.32. The van der Waals surface area contributed by atoms with Crippen LogP contribution in [0.3, 0.4) is 0 Å². The minimum absolute atomic E-state index is 0.132. The molecule has 1 saturated heterocycles. The number of piperidine rings is 1. The van der Waals surface area contributed by atoms with Crippen LogP contribution in [0.1, 0.15) is 31.2 Å². The molecule has 7 heteroatoms. The number of sulfonamides is 1. The van der Waals surface area contributed by atoms with Crippen LogP contribution < -0.4 is 10.6 Å². The third-order valence-corrected chi connectivity index (χ3v) is 7.22. The van der Waals surface area contributed by atoms with Gasteiger partial charge in [-0.15, -0.1) is 0 Å². The molecule has 1 aromatic carbocycles. The number of benzene rings is 1. The van der Waals surface area contributed by atoms with Gasteiger partial charge in [-0.1, -0.05) is 18.2 Å². The summed E-state index contributed by atoms with van der Waals surface area (Å²) in [7, 11) is -3.06. The summed E-state index contributed by atoms with van der Waals surface area (Å²) in [5, 5.41) is 5.62. The highest BCUT2D eigenvalue weighted by Crippen LogP contribution is 2.33. The molecule has 0 radical (unpaired) electrons. The molecule has 2 N–H and O–H groups in total. The van der Waals surface area contributed by atoms with E-state index >= 15 is 0 Å². The van der Waals surface area contributed by atoms with Gasteiger partial charge in [0, 0.05) is 25.3 Å². The van der Waals surface area contributed by atoms with Gasteiger partial charge in [0.2, 0.25) is 10.0 Å². The zero-order valence-corrected chi connectivity index (χ0v) is 14.8. The fourth-order valence-corrected chi connectivity index (χ4v) is 4.93. The number of rotatable bonds is 5. The van der Waals surface area contributed by atoms with Gasteiger partial charge >= 0.3 is 6.03 Å². The van der Waals surface area contributed by atoms with E-state index < -0.39 is 10.0 Å². The van der Waals surface area contributed by atoms with Crippen LogP contribution >= 0.6 is 0 Å². The molecule has 0 atom stereocenters. The average molecular weight is 351 g/mol. The zero-order valence-electron chi connectivity index (χ0n) is 14.0. The number of nitrogens with one attached hydrogen (secondary N) is 2. The van der Waals surface area contributed by atoms with Crippen LogP contribution in [-0.2, 0) is 10.0 Å². The number of aryl methyl sites for hydroxylation is 1. The monoisotopic (exact) mass is 351 g/mol. The molecule has 1 aromatic rings. The van der Waals surface area contributed by atoms with Gasteiger partial charge < -0.3 is 10.6 Å². The van der Waals surface area contributed by atoms with Crippen molar-refractivity contribution < 1.29 is 13.2 Å². The molecule has 2 aliphatic rings. The fourth-order valence-electron chi connectivity index (χ4n) is 3.06. The Morgan fingerprint density at radius 3 is 2.46 bits per heavy atom. The summed E-state index contributed by atoms with van der Waals surface area (Å²) in [6.45, 7) is 3.68. The van der Waals surface area contributed by atoms with E-state index in [2.05, 4.69) is 10.6 Å². The first-order valence-electron chi connectivity index (χ1n) is 8.56. The summed E-state index contributed by atoms with van der Waals surface area (Å²) in [6, 6.07) is 7.43. The van der Waals surface area contributed by atoms with Gasteiger partial charge in [-0.2, -0.15) is 0 Å². The van der Waals surface area contributed by atoms with Crippen LogP contribution in [-0.4, -0.2) is 43.6 Å². The minimum atomic E-state index is -3.06. The quantitative estimate of drug-likeness (QED) is 0.854. The molecule has 2 fully saturated rings. The van der Waals surface area contributed by atoms with Gasteiger partial charge in [-0.25, -0.2) is 17.5 Å². The Kier molecular flexibility index (Phi) is 5.10. The SMILES string of the molecule is Cc1ccccc1NC(=O)NCC1CCN(S(=O)(=O)C2CC2)CC1. The smallest absolute Gasteiger partial charge is 0.319 e. The molecule has 0 bridgehead atoms. The second-order valence-electron chi connectivity index (χ2n) is 6.74. The normalized spacial score (nSPS) is 19.9. The second-order valence-corrected chi connectivity index (χ2v) is 8.95. The number of carbonyl (C=O) groups is 1. The summed E-state index contributed by atoms with van der Waals surface area (Å²) < 4.78 is 26.0. The van der Waals surface area contributed by atoms with E-state index in [1.807, 2.05) is 31.2 Å². The third-order valence-electron chi connectivity index (χ3n) is 4.82. The minimum Gasteiger partial charge on any atom is -0.338 e. The van der Waals surface area contributed by atoms with Crippen molar-refractivity contribution >= 4 is 21.7 Å². The Hall–Kier alpha value is -1.60. The van der Waals surface area contributed by atoms with Crippen LogP contribution in [0.5, 0.6) is 0 Å². The van der Waals surface area contributed by atoms with Crippen molar-refractivity contribution in [1.82, 2.24) is 9.62 Å². The zero-order chi connectivity index (χ0) is 17.2. The molecule has 1 aliphatic heterocycles. The van der Waals surface area contributed by atoms with Crippen molar-refractivity contribution in [3.8, 4) is 0 Å². The van der Waals surface area contributed by atoms with Gasteiger partial charge in [0.15, 0.2) is 0 Å². The molecule has 2 amide bonds. The van der Waals surface area contributed by atoms with Crippen LogP contribution in [0.2, 0.25) is 0 Å². The number of nitrogens with zero attached hydrogens (tertiary/aromatic N) is 1. The Bertz CT molecular complexity index is 693. The fraction of sp³-hybridized carbons (Fsp3) is 0.588. The van der Waals surface area contributed by atoms with Crippen LogP contribution in [0.4, 0.5) is 10.5 Å². The molecule has 1 aliphatic carbocycles. The van der Waals surface area contributed by atoms with E-state index in [0.717, 1.165) is 36.9 Å². The van der Waals surface area contributed by atoms with Crippen molar-refractivity contribution in [2.45, 2.75) is 37.9 Å². The summed E-state index contributed by atoms with van der Waals surface area (Å²) in [5.41, 5.74) is 1.83. The second kappa shape index (κ2) is 7.11. The van der Waals surface area contributed by atoms with Crippen molar-refractivity contribution in [2.75, 3.05) is 25.0 Å². The lowest BCUT2D eigenvalue weighted by atomic mass is 9.98. The molecular formula is C17H25N3O3S. The molecule has 6 nitrogen and oxygen atoms in total. The Morgan fingerprint density at radius 2 is 1.83 bits per heavy atom. The number of hydrogen-bond donors (Lipinski definition) is 2. The molecule has 3 rings (SSSR count). The third kappa shape index (κ3) is 4.08. The van der Waals surface area contributed by atoms with Crippen LogP contribution in [0, 0.1) is 12.8 Å². The molecule has 0 aromatic heterocycles. The highest BCUT2D eigenvalue weighted by Gasteiger charge is 2.41. The van der Waals surface area contributed by atoms with Crippen LogP contribution in [0.15, 0.2) is 24.3 Å². The maximum Gasteiger partial charge on any atom is 0.319 e. The van der Waals surface area contributed by atoms with E-state index in [1.54, 1.807) is 4.31 Å². The first-order chi connectivity index (χ1) is 11.5. The van der Waals surface area contributed by atoms with E-state index in [4.69, 9.17) is 0 Å². The lowest BCUT2D eigenvalue weighted by Gasteiger charge is -2.31. The summed E-state index contributed by atoms with van der Waals surface area (Å²) >= 11 is 0. The number of urea groups is 1. The maximum absolute atomic E-state index is 12.2. The summed E-state index contributed by atoms with van der Waals surface area (Å²) in [4.78, 5) is 12.0. The molecule has 24 heavy (non-hydrogen) atoms. The largest absolute Gasteiger partial charge is 0.338 e. The molecule has 0 unspecified atom stereocenters. The topological polar surface area (TPSA) is 78.5 Å². The average Bonchev–Trinajstić information content (AvgIpc) is 3.41. The Labute approximate surface area is 143 Å². The number of anilines is 1. The summed E-state index contributed by atoms with van der Waals surface area (Å²) in [5.74, 6) is 0.332. The molecular weight excluding hydrogens is 326 g/mol. The Balaban J connectivity index is 1.42. The van der Waals surface area contributed by atoms with Gasteiger partial charge in [0.25, 0.3) is 0 Å². The maximum atomic E-state index is 12.2. The summed E-state index contributed by atoms with van der Waals surface area (Å²) in [6.07, 6.45) is 3.22. The van der Waals surface area contributed by atoms with Crippen molar-refractivity contribution in [3.05, 3.63) is 29.8 Å². The highest BCUT2D eigenvalue weighted by molar-refractivity contribution is 7.90. The standard InChI is InChI=1S/C17H25N3O3S/c1-13-4-2-3-5-16(13)19-17(21)18-12-14-8-10-20(11-9-14)24(22,23)15-6-7-15/h2-5,14-15H,6-12H2,1H3,(H2,18,19,21). The van der Waals surface area contributed by atoms with E-state index in [1.165, 1.54) is 0 Å². The molecule has 1 heterocycles. The lowest BCUT2D eigenvalue weighted by Crippen LogP contribution is -2.43. The molecule has 0 spiro atoms. The molecule has 1 saturated carbocycles. The Morgan fingerprint density at radius 1 is 1.17 bits per heavy atom. The number of para-hydroxylation sites is 1. The van der Waals surface area contributed by atoms with E-state index in [-0.39, 0.29) is 11.3 Å². The van der Waals surface area contributed by atoms with Crippen molar-refractivity contribution in [2.24, 2.45) is 5.92 Å². The van der Waals surface area contributed by atoms with E-state index in [0.29, 0.717) is 25.6 Å². The number of amides is 2. The first kappa shape index (κ1) is 17.2. The first-order valence-corrected chi connectivity index (χ1v) is 10.1. The van der Waals surface area contributed by atoms with Gasteiger partial charge in [-0.05, 0) is 50.2 Å². The van der Waals surface area contributed by atoms with Gasteiger partial charge in [0.05, 0.1) is 5.25 Å². The van der Waals surface area contributed by atoms with Crippen molar-refractivity contribution in [3.63, 3.8) is 0 Å². The number of hydrogen-bond acceptors (Lipinski definition) is 3. The van der Waals surface area contributed by atoms with Gasteiger partial charge in [-0.3, -0.25) is 0 Å². The number of carbonyl (C=O) groups excluding carboxylic acids is 1.